The summed E-state index contributed by atoms with van der Waals surface area (Å²) in [4.78, 5) is 17.0. The predicted octanol–water partition coefficient (Wildman–Crippen LogP) is -2.49. The Kier molecular flexibility index (Phi) is 8.57. The Hall–Kier alpha value is -1.88. The van der Waals surface area contributed by atoms with Gasteiger partial charge in [0.1, 0.15) is 36.7 Å². The molecule has 2 aromatic heterocycles. The van der Waals surface area contributed by atoms with Crippen molar-refractivity contribution in [3.05, 3.63) is 28.0 Å². The van der Waals surface area contributed by atoms with E-state index in [0.717, 1.165) is 11.3 Å². The fourth-order valence-corrected chi connectivity index (χ4v) is 5.23. The van der Waals surface area contributed by atoms with Crippen LogP contribution in [0.1, 0.15) is 26.8 Å². The minimum Gasteiger partial charge on any atom is -0.396 e. The summed E-state index contributed by atoms with van der Waals surface area (Å²) in [5.41, 5.74) is 0.528. The molecular formula is C21H30N4O9S. The molecule has 0 bridgehead atoms. The second-order valence-corrected chi connectivity index (χ2v) is 10.1. The van der Waals surface area contributed by atoms with Crippen LogP contribution in [0.5, 0.6) is 0 Å². The quantitative estimate of drug-likeness (QED) is 0.173. The summed E-state index contributed by atoms with van der Waals surface area (Å²) in [6.07, 6.45) is -2.87. The van der Waals surface area contributed by atoms with Crippen LogP contribution >= 0.6 is 11.3 Å². The molecule has 4 rings (SSSR count). The maximum atomic E-state index is 12.5. The molecule has 0 amide bonds. The number of nitrogens with zero attached hydrogens (tertiary/aromatic N) is 4. The van der Waals surface area contributed by atoms with Gasteiger partial charge >= 0.3 is 0 Å². The molecule has 0 radical (unpaired) electrons. The van der Waals surface area contributed by atoms with E-state index in [1.54, 1.807) is 10.9 Å². The third kappa shape index (κ3) is 5.93. The second-order valence-electron chi connectivity index (χ2n) is 8.95. The number of carbonyl (C=O) groups excluding carboxylic acids is 1. The first kappa shape index (κ1) is 26.2. The summed E-state index contributed by atoms with van der Waals surface area (Å²) in [7, 11) is 0. The smallest absolute Gasteiger partial charge is 0.200 e. The van der Waals surface area contributed by atoms with Gasteiger partial charge in [-0.3, -0.25) is 9.48 Å². The zero-order chi connectivity index (χ0) is 25.1. The number of hydrogen-bond donors (Lipinski definition) is 6. The van der Waals surface area contributed by atoms with Crippen LogP contribution in [0, 0.1) is 11.8 Å². The lowest BCUT2D eigenvalue weighted by atomic mass is 9.71. The van der Waals surface area contributed by atoms with Gasteiger partial charge in [0.15, 0.2) is 5.78 Å². The molecule has 1 aliphatic heterocycles. The lowest BCUT2D eigenvalue weighted by Gasteiger charge is -2.40. The van der Waals surface area contributed by atoms with Crippen molar-refractivity contribution in [1.82, 2.24) is 20.0 Å². The number of aliphatic hydroxyl groups excluding tert-OH is 6. The summed E-state index contributed by atoms with van der Waals surface area (Å²) >= 11 is 1.10. The molecule has 8 unspecified atom stereocenters. The highest BCUT2D eigenvalue weighted by Gasteiger charge is 2.43. The molecule has 14 heteroatoms. The van der Waals surface area contributed by atoms with Crippen molar-refractivity contribution in [1.29, 1.82) is 0 Å². The van der Waals surface area contributed by atoms with E-state index < -0.39 is 43.2 Å². The molecule has 8 atom stereocenters. The number of carbonyl (C=O) groups is 1. The first-order valence-electron chi connectivity index (χ1n) is 11.3. The van der Waals surface area contributed by atoms with Crippen molar-refractivity contribution in [2.24, 2.45) is 11.8 Å². The molecule has 6 N–H and O–H groups in total. The molecule has 0 spiro atoms. The minimum absolute atomic E-state index is 0.0241. The fraction of sp³-hybridized carbons (Fsp3) is 0.714. The predicted molar refractivity (Wildman–Crippen MR) is 118 cm³/mol. The summed E-state index contributed by atoms with van der Waals surface area (Å²) < 4.78 is 12.5. The Morgan fingerprint density at radius 3 is 2.63 bits per heavy atom. The molecule has 3 heterocycles. The molecule has 35 heavy (non-hydrogen) atoms. The number of aliphatic hydroxyl groups is 6. The molecule has 1 saturated carbocycles. The Labute approximate surface area is 204 Å². The number of aromatic nitrogens is 4. The molecule has 0 aromatic carbocycles. The van der Waals surface area contributed by atoms with E-state index >= 15 is 0 Å². The SMILES string of the molecule is O=C(COCc1cn(CC2C(O)CC2CO)nn1)c1cnc(CC2OC(CO)C(O)C(O)C2O)s1. The minimum atomic E-state index is -1.46. The Bertz CT molecular complexity index is 986. The number of hydrogen-bond acceptors (Lipinski definition) is 13. The van der Waals surface area contributed by atoms with E-state index in [2.05, 4.69) is 15.3 Å². The molecule has 2 fully saturated rings. The average molecular weight is 515 g/mol. The molecule has 1 saturated heterocycles. The lowest BCUT2D eigenvalue weighted by molar-refractivity contribution is -0.228. The van der Waals surface area contributed by atoms with E-state index in [9.17, 15) is 35.4 Å². The van der Waals surface area contributed by atoms with E-state index in [4.69, 9.17) is 9.47 Å². The molecular weight excluding hydrogens is 484 g/mol. The van der Waals surface area contributed by atoms with Crippen molar-refractivity contribution in [3.63, 3.8) is 0 Å². The van der Waals surface area contributed by atoms with Crippen LogP contribution in [0.15, 0.2) is 12.4 Å². The third-order valence-electron chi connectivity index (χ3n) is 6.54. The Morgan fingerprint density at radius 1 is 1.14 bits per heavy atom. The van der Waals surface area contributed by atoms with Gasteiger partial charge in [-0.15, -0.1) is 16.4 Å². The highest BCUT2D eigenvalue weighted by Crippen LogP contribution is 2.35. The summed E-state index contributed by atoms with van der Waals surface area (Å²) in [5.74, 6) is -0.310. The number of Topliss-reactive ketones (excluding diaryl/α,β-unsaturated/α-hetero) is 1. The molecule has 13 nitrogen and oxygen atoms in total. The van der Waals surface area contributed by atoms with E-state index in [-0.39, 0.29) is 43.9 Å². The van der Waals surface area contributed by atoms with Gasteiger partial charge in [-0.1, -0.05) is 5.21 Å². The van der Waals surface area contributed by atoms with Gasteiger partial charge in [0.2, 0.25) is 0 Å². The van der Waals surface area contributed by atoms with Crippen molar-refractivity contribution in [3.8, 4) is 0 Å². The van der Waals surface area contributed by atoms with Crippen LogP contribution in [0.3, 0.4) is 0 Å². The maximum Gasteiger partial charge on any atom is 0.200 e. The van der Waals surface area contributed by atoms with Gasteiger partial charge in [0.25, 0.3) is 0 Å². The fourth-order valence-electron chi connectivity index (χ4n) is 4.34. The zero-order valence-electron chi connectivity index (χ0n) is 18.8. The van der Waals surface area contributed by atoms with Gasteiger partial charge in [0.05, 0.1) is 41.5 Å². The number of thiazole rings is 1. The highest BCUT2D eigenvalue weighted by molar-refractivity contribution is 7.13. The van der Waals surface area contributed by atoms with Gasteiger partial charge in [-0.2, -0.15) is 0 Å². The van der Waals surface area contributed by atoms with Crippen molar-refractivity contribution in [2.75, 3.05) is 19.8 Å². The Balaban J connectivity index is 1.24. The number of rotatable bonds is 11. The first-order chi connectivity index (χ1) is 16.8. The van der Waals surface area contributed by atoms with Gasteiger partial charge in [-0.05, 0) is 12.3 Å². The topological polar surface area (TPSA) is 201 Å². The number of ether oxygens (including phenoxy) is 2. The highest BCUT2D eigenvalue weighted by atomic mass is 32.1. The summed E-state index contributed by atoms with van der Waals surface area (Å²) in [6.45, 7) is -0.187. The van der Waals surface area contributed by atoms with Crippen LogP contribution in [-0.4, -0.2) is 113 Å². The molecule has 1 aliphatic carbocycles. The van der Waals surface area contributed by atoms with Crippen LogP contribution in [0.4, 0.5) is 0 Å². The molecule has 2 aromatic rings. The van der Waals surface area contributed by atoms with Gasteiger partial charge in [0, 0.05) is 31.7 Å². The van der Waals surface area contributed by atoms with E-state index in [1.807, 2.05) is 0 Å². The van der Waals surface area contributed by atoms with Gasteiger partial charge < -0.3 is 40.1 Å². The van der Waals surface area contributed by atoms with Crippen LogP contribution in [0.2, 0.25) is 0 Å². The molecule has 2 aliphatic rings. The van der Waals surface area contributed by atoms with Crippen molar-refractivity contribution in [2.45, 2.75) is 62.6 Å². The standard InChI is InChI=1S/C21H30N4O9S/c26-6-10-1-13(28)12(10)5-25-4-11(23-24-25)8-33-9-14(29)17-3-22-18(35-17)2-15-19(30)21(32)20(31)16(7-27)34-15/h3-4,10,12-13,15-16,19-21,26-28,30-32H,1-2,5-9H2. The van der Waals surface area contributed by atoms with Crippen LogP contribution in [0.25, 0.3) is 0 Å². The zero-order valence-corrected chi connectivity index (χ0v) is 19.6. The maximum absolute atomic E-state index is 12.5. The van der Waals surface area contributed by atoms with Gasteiger partial charge in [-0.25, -0.2) is 4.98 Å². The lowest BCUT2D eigenvalue weighted by Crippen LogP contribution is -2.58. The third-order valence-corrected chi connectivity index (χ3v) is 7.60. The summed E-state index contributed by atoms with van der Waals surface area (Å²) in [6, 6.07) is 0. The van der Waals surface area contributed by atoms with E-state index in [1.165, 1.54) is 6.20 Å². The van der Waals surface area contributed by atoms with Crippen LogP contribution < -0.4 is 0 Å². The normalized spacial score (nSPS) is 33.0. The second kappa shape index (κ2) is 11.5. The molecule has 194 valence electrons. The first-order valence-corrected chi connectivity index (χ1v) is 12.2. The average Bonchev–Trinajstić information content (AvgIpc) is 3.51. The monoisotopic (exact) mass is 514 g/mol. The summed E-state index contributed by atoms with van der Waals surface area (Å²) in [5, 5.41) is 66.9. The van der Waals surface area contributed by atoms with E-state index in [0.29, 0.717) is 28.5 Å². The largest absolute Gasteiger partial charge is 0.396 e. The van der Waals surface area contributed by atoms with Crippen molar-refractivity contribution >= 4 is 17.1 Å². The van der Waals surface area contributed by atoms with Crippen LogP contribution in [-0.2, 0) is 29.0 Å². The van der Waals surface area contributed by atoms with Crippen molar-refractivity contribution < 1.29 is 44.9 Å². The Morgan fingerprint density at radius 2 is 1.91 bits per heavy atom. The number of ketones is 1.